The monoisotopic (exact) mass is 302 g/mol. The van der Waals surface area contributed by atoms with Gasteiger partial charge in [-0.1, -0.05) is 12.1 Å². The van der Waals surface area contributed by atoms with Gasteiger partial charge in [-0.25, -0.2) is 4.39 Å². The van der Waals surface area contributed by atoms with Crippen LogP contribution in [0, 0.1) is 5.82 Å². The van der Waals surface area contributed by atoms with Gasteiger partial charge >= 0.3 is 0 Å². The van der Waals surface area contributed by atoms with Crippen molar-refractivity contribution in [1.82, 2.24) is 5.32 Å². The summed E-state index contributed by atoms with van der Waals surface area (Å²) < 4.78 is 18.2. The molecule has 1 saturated heterocycles. The Morgan fingerprint density at radius 1 is 1.40 bits per heavy atom. The van der Waals surface area contributed by atoms with Gasteiger partial charge in [-0.2, -0.15) is 0 Å². The fraction of sp³-hybridized carbons (Fsp3) is 0.500. The zero-order chi connectivity index (χ0) is 13.7. The van der Waals surface area contributed by atoms with E-state index in [1.54, 1.807) is 6.07 Å². The summed E-state index contributed by atoms with van der Waals surface area (Å²) in [6.07, 6.45) is 1.67. The minimum absolute atomic E-state index is 0. The summed E-state index contributed by atoms with van der Waals surface area (Å²) in [6.45, 7) is 1.50. The smallest absolute Gasteiger partial charge is 0.240 e. The Kier molecular flexibility index (Phi) is 6.39. The largest absolute Gasteiger partial charge is 0.381 e. The van der Waals surface area contributed by atoms with Crippen molar-refractivity contribution in [3.05, 3.63) is 35.6 Å². The maximum atomic E-state index is 13.0. The molecule has 1 aliphatic heterocycles. The van der Waals surface area contributed by atoms with E-state index in [2.05, 4.69) is 5.32 Å². The first kappa shape index (κ1) is 16.9. The molecule has 112 valence electrons. The Balaban J connectivity index is 0.00000200. The molecule has 1 fully saturated rings. The number of nitrogens with two attached hydrogens (primary N) is 1. The Labute approximate surface area is 124 Å². The highest BCUT2D eigenvalue weighted by molar-refractivity contribution is 5.86. The van der Waals surface area contributed by atoms with Crippen LogP contribution < -0.4 is 11.1 Å². The van der Waals surface area contributed by atoms with Crippen LogP contribution in [0.2, 0.25) is 0 Å². The fourth-order valence-corrected chi connectivity index (χ4v) is 2.15. The van der Waals surface area contributed by atoms with Crippen LogP contribution in [0.15, 0.2) is 24.3 Å². The van der Waals surface area contributed by atoms with Gasteiger partial charge in [0.2, 0.25) is 5.91 Å². The molecule has 0 bridgehead atoms. The quantitative estimate of drug-likeness (QED) is 0.884. The molecule has 1 aliphatic rings. The normalized spacial score (nSPS) is 17.1. The number of amides is 1. The lowest BCUT2D eigenvalue weighted by atomic mass is 9.90. The zero-order valence-electron chi connectivity index (χ0n) is 11.2. The van der Waals surface area contributed by atoms with Gasteiger partial charge in [-0.3, -0.25) is 4.79 Å². The van der Waals surface area contributed by atoms with Gasteiger partial charge < -0.3 is 15.8 Å². The highest BCUT2D eigenvalue weighted by atomic mass is 35.5. The number of benzene rings is 1. The second kappa shape index (κ2) is 7.57. The predicted molar refractivity (Wildman–Crippen MR) is 77.3 cm³/mol. The molecule has 1 aromatic rings. The molecule has 0 saturated carbocycles. The zero-order valence-corrected chi connectivity index (χ0v) is 12.0. The first-order chi connectivity index (χ1) is 9.10. The van der Waals surface area contributed by atoms with Crippen LogP contribution >= 0.6 is 12.4 Å². The van der Waals surface area contributed by atoms with Crippen LogP contribution in [0.5, 0.6) is 0 Å². The lowest BCUT2D eigenvalue weighted by molar-refractivity contribution is -0.129. The van der Waals surface area contributed by atoms with Crippen molar-refractivity contribution in [2.45, 2.75) is 24.8 Å². The summed E-state index contributed by atoms with van der Waals surface area (Å²) in [5, 5.41) is 2.82. The van der Waals surface area contributed by atoms with Crippen molar-refractivity contribution >= 4 is 18.3 Å². The van der Waals surface area contributed by atoms with Crippen molar-refractivity contribution in [3.63, 3.8) is 0 Å². The number of hydrogen-bond acceptors (Lipinski definition) is 3. The minimum atomic E-state index is -0.819. The van der Waals surface area contributed by atoms with Crippen molar-refractivity contribution in [1.29, 1.82) is 0 Å². The van der Waals surface area contributed by atoms with Crippen molar-refractivity contribution in [3.8, 4) is 0 Å². The highest BCUT2D eigenvalue weighted by Crippen LogP contribution is 2.17. The molecule has 0 aromatic heterocycles. The molecule has 1 aromatic carbocycles. The van der Waals surface area contributed by atoms with Gasteiger partial charge in [0.15, 0.2) is 0 Å². The SMILES string of the molecule is Cl.NC1(C(=O)NCCc2cccc(F)c2)CCOCC1. The fourth-order valence-electron chi connectivity index (χ4n) is 2.15. The molecular formula is C14H20ClFN2O2. The molecule has 0 unspecified atom stereocenters. The van der Waals surface area contributed by atoms with E-state index in [0.717, 1.165) is 5.56 Å². The molecule has 0 aliphatic carbocycles. The standard InChI is InChI=1S/C14H19FN2O2.ClH/c15-12-3-1-2-11(10-12)4-7-17-13(18)14(16)5-8-19-9-6-14;/h1-3,10H,4-9,16H2,(H,17,18);1H. The van der Waals surface area contributed by atoms with Crippen molar-refractivity contribution < 1.29 is 13.9 Å². The van der Waals surface area contributed by atoms with Gasteiger partial charge in [0.25, 0.3) is 0 Å². The van der Waals surface area contributed by atoms with Crippen molar-refractivity contribution in [2.24, 2.45) is 5.73 Å². The van der Waals surface area contributed by atoms with E-state index in [4.69, 9.17) is 10.5 Å². The van der Waals surface area contributed by atoms with Crippen LogP contribution in [-0.2, 0) is 16.0 Å². The lowest BCUT2D eigenvalue weighted by Crippen LogP contribution is -2.57. The first-order valence-electron chi connectivity index (χ1n) is 6.49. The van der Waals surface area contributed by atoms with Crippen LogP contribution in [0.4, 0.5) is 4.39 Å². The van der Waals surface area contributed by atoms with Gasteiger partial charge in [0.05, 0.1) is 5.54 Å². The molecule has 3 N–H and O–H groups in total. The van der Waals surface area contributed by atoms with Crippen LogP contribution in [0.1, 0.15) is 18.4 Å². The van der Waals surface area contributed by atoms with Gasteiger partial charge in [0, 0.05) is 19.8 Å². The Bertz CT molecular complexity index is 451. The Morgan fingerprint density at radius 3 is 2.75 bits per heavy atom. The number of nitrogens with one attached hydrogen (secondary N) is 1. The third kappa shape index (κ3) is 4.44. The number of carbonyl (C=O) groups excluding carboxylic acids is 1. The minimum Gasteiger partial charge on any atom is -0.381 e. The second-order valence-electron chi connectivity index (χ2n) is 4.90. The van der Waals surface area contributed by atoms with E-state index in [1.165, 1.54) is 12.1 Å². The van der Waals surface area contributed by atoms with Gasteiger partial charge in [0.1, 0.15) is 5.82 Å². The molecule has 6 heteroatoms. The molecule has 4 nitrogen and oxygen atoms in total. The molecule has 0 spiro atoms. The summed E-state index contributed by atoms with van der Waals surface area (Å²) >= 11 is 0. The average molecular weight is 303 g/mol. The molecule has 1 amide bonds. The molecular weight excluding hydrogens is 283 g/mol. The summed E-state index contributed by atoms with van der Waals surface area (Å²) in [6, 6.07) is 6.37. The van der Waals surface area contributed by atoms with Gasteiger partial charge in [-0.15, -0.1) is 12.4 Å². The summed E-state index contributed by atoms with van der Waals surface area (Å²) in [7, 11) is 0. The summed E-state index contributed by atoms with van der Waals surface area (Å²) in [4.78, 5) is 12.0. The molecule has 20 heavy (non-hydrogen) atoms. The van der Waals surface area contributed by atoms with E-state index in [1.807, 2.05) is 6.07 Å². The number of ether oxygens (including phenoxy) is 1. The number of rotatable bonds is 4. The van der Waals surface area contributed by atoms with Crippen LogP contribution in [0.3, 0.4) is 0 Å². The van der Waals surface area contributed by atoms with Crippen molar-refractivity contribution in [2.75, 3.05) is 19.8 Å². The number of hydrogen-bond donors (Lipinski definition) is 2. The van der Waals surface area contributed by atoms with E-state index >= 15 is 0 Å². The third-order valence-electron chi connectivity index (χ3n) is 3.43. The molecule has 1 heterocycles. The predicted octanol–water partition coefficient (Wildman–Crippen LogP) is 1.41. The molecule has 0 radical (unpaired) electrons. The highest BCUT2D eigenvalue weighted by Gasteiger charge is 2.35. The first-order valence-corrected chi connectivity index (χ1v) is 6.49. The maximum Gasteiger partial charge on any atom is 0.240 e. The average Bonchev–Trinajstić information content (AvgIpc) is 2.39. The van der Waals surface area contributed by atoms with E-state index in [0.29, 0.717) is 39.0 Å². The molecule has 0 atom stereocenters. The Hall–Kier alpha value is -1.17. The second-order valence-corrected chi connectivity index (χ2v) is 4.90. The summed E-state index contributed by atoms with van der Waals surface area (Å²) in [5.41, 5.74) is 6.09. The number of carbonyl (C=O) groups is 1. The maximum absolute atomic E-state index is 13.0. The van der Waals surface area contributed by atoms with E-state index in [-0.39, 0.29) is 24.1 Å². The van der Waals surface area contributed by atoms with E-state index in [9.17, 15) is 9.18 Å². The third-order valence-corrected chi connectivity index (χ3v) is 3.43. The lowest BCUT2D eigenvalue weighted by Gasteiger charge is -2.31. The molecule has 2 rings (SSSR count). The van der Waals surface area contributed by atoms with Crippen LogP contribution in [-0.4, -0.2) is 31.2 Å². The van der Waals surface area contributed by atoms with Gasteiger partial charge in [-0.05, 0) is 37.0 Å². The summed E-state index contributed by atoms with van der Waals surface area (Å²) in [5.74, 6) is -0.407. The van der Waals surface area contributed by atoms with Crippen LogP contribution in [0.25, 0.3) is 0 Å². The van der Waals surface area contributed by atoms with E-state index < -0.39 is 5.54 Å². The Morgan fingerprint density at radius 2 is 2.10 bits per heavy atom. The topological polar surface area (TPSA) is 64.4 Å². The number of halogens is 2.